The summed E-state index contributed by atoms with van der Waals surface area (Å²) in [6, 6.07) is 9.27. The molecule has 1 saturated heterocycles. The Bertz CT molecular complexity index is 403. The van der Waals surface area contributed by atoms with Crippen LogP contribution in [-0.4, -0.2) is 26.2 Å². The number of benzene rings is 1. The highest BCUT2D eigenvalue weighted by Gasteiger charge is 2.17. The lowest BCUT2D eigenvalue weighted by Crippen LogP contribution is -2.41. The number of piperidine rings is 1. The lowest BCUT2D eigenvalue weighted by molar-refractivity contribution is 0.442. The third-order valence-electron chi connectivity index (χ3n) is 3.40. The lowest BCUT2D eigenvalue weighted by atomic mass is 10.0. The minimum atomic E-state index is 0.691. The van der Waals surface area contributed by atoms with E-state index >= 15 is 0 Å². The molecule has 1 heterocycles. The van der Waals surface area contributed by atoms with Gasteiger partial charge in [-0.1, -0.05) is 5.92 Å². The fraction of sp³-hybridized carbons (Fsp3) is 0.467. The Morgan fingerprint density at radius 3 is 2.35 bits per heavy atom. The van der Waals surface area contributed by atoms with Crippen molar-refractivity contribution in [3.8, 4) is 11.8 Å². The van der Waals surface area contributed by atoms with Crippen LogP contribution < -0.4 is 10.2 Å². The zero-order valence-electron chi connectivity index (χ0n) is 10.7. The second-order valence-electron chi connectivity index (χ2n) is 4.47. The minimum Gasteiger partial charge on any atom is -0.371 e. The number of hydrogen-bond acceptors (Lipinski definition) is 2. The van der Waals surface area contributed by atoms with E-state index in [1.54, 1.807) is 0 Å². The van der Waals surface area contributed by atoms with Crippen LogP contribution in [0, 0.1) is 11.8 Å². The SMILES string of the molecule is CC#Cc1ccc(N2CCC(NC)CC2)cc1. The van der Waals surface area contributed by atoms with E-state index in [2.05, 4.69) is 53.4 Å². The molecule has 90 valence electrons. The molecule has 2 nitrogen and oxygen atoms in total. The molecule has 0 aromatic heterocycles. The normalized spacial score (nSPS) is 16.5. The monoisotopic (exact) mass is 228 g/mol. The molecule has 0 aliphatic carbocycles. The van der Waals surface area contributed by atoms with Crippen LogP contribution in [0.5, 0.6) is 0 Å². The number of nitrogens with zero attached hydrogens (tertiary/aromatic N) is 1. The molecular weight excluding hydrogens is 208 g/mol. The molecule has 0 unspecified atom stereocenters. The van der Waals surface area contributed by atoms with E-state index in [9.17, 15) is 0 Å². The maximum Gasteiger partial charge on any atom is 0.0367 e. The van der Waals surface area contributed by atoms with Crippen LogP contribution in [0.3, 0.4) is 0 Å². The van der Waals surface area contributed by atoms with Crippen LogP contribution in [0.4, 0.5) is 5.69 Å². The number of rotatable bonds is 2. The van der Waals surface area contributed by atoms with Crippen molar-refractivity contribution in [2.75, 3.05) is 25.0 Å². The van der Waals surface area contributed by atoms with Crippen molar-refractivity contribution in [2.45, 2.75) is 25.8 Å². The Hall–Kier alpha value is -1.46. The third kappa shape index (κ3) is 3.01. The topological polar surface area (TPSA) is 15.3 Å². The molecule has 1 aliphatic rings. The van der Waals surface area contributed by atoms with Gasteiger partial charge >= 0.3 is 0 Å². The van der Waals surface area contributed by atoms with Crippen molar-refractivity contribution in [1.29, 1.82) is 0 Å². The van der Waals surface area contributed by atoms with Gasteiger partial charge in [-0.25, -0.2) is 0 Å². The Kier molecular flexibility index (Phi) is 4.06. The van der Waals surface area contributed by atoms with Gasteiger partial charge in [0.15, 0.2) is 0 Å². The fourth-order valence-corrected chi connectivity index (χ4v) is 2.33. The van der Waals surface area contributed by atoms with E-state index in [4.69, 9.17) is 0 Å². The molecule has 0 spiro atoms. The second-order valence-corrected chi connectivity index (χ2v) is 4.47. The lowest BCUT2D eigenvalue weighted by Gasteiger charge is -2.33. The summed E-state index contributed by atoms with van der Waals surface area (Å²) < 4.78 is 0. The predicted molar refractivity (Wildman–Crippen MR) is 73.3 cm³/mol. The van der Waals surface area contributed by atoms with E-state index in [-0.39, 0.29) is 0 Å². The van der Waals surface area contributed by atoms with Gasteiger partial charge in [-0.05, 0) is 51.1 Å². The van der Waals surface area contributed by atoms with Crippen molar-refractivity contribution in [2.24, 2.45) is 0 Å². The van der Waals surface area contributed by atoms with Gasteiger partial charge in [0.05, 0.1) is 0 Å². The molecule has 2 heteroatoms. The van der Waals surface area contributed by atoms with Crippen molar-refractivity contribution in [3.63, 3.8) is 0 Å². The molecule has 1 fully saturated rings. The average molecular weight is 228 g/mol. The van der Waals surface area contributed by atoms with Crippen LogP contribution >= 0.6 is 0 Å². The van der Waals surface area contributed by atoms with Gasteiger partial charge in [0, 0.05) is 30.4 Å². The first kappa shape index (κ1) is 12.0. The highest BCUT2D eigenvalue weighted by Crippen LogP contribution is 2.20. The number of anilines is 1. The highest BCUT2D eigenvalue weighted by molar-refractivity contribution is 5.50. The van der Waals surface area contributed by atoms with Crippen molar-refractivity contribution in [3.05, 3.63) is 29.8 Å². The Balaban J connectivity index is 2.00. The van der Waals surface area contributed by atoms with Crippen molar-refractivity contribution >= 4 is 5.69 Å². The third-order valence-corrected chi connectivity index (χ3v) is 3.40. The molecule has 0 radical (unpaired) electrons. The summed E-state index contributed by atoms with van der Waals surface area (Å²) in [6.07, 6.45) is 2.46. The molecule has 1 N–H and O–H groups in total. The van der Waals surface area contributed by atoms with Crippen LogP contribution in [0.1, 0.15) is 25.3 Å². The van der Waals surface area contributed by atoms with Crippen LogP contribution in [0.2, 0.25) is 0 Å². The largest absolute Gasteiger partial charge is 0.371 e. The van der Waals surface area contributed by atoms with Crippen molar-refractivity contribution in [1.82, 2.24) is 5.32 Å². The van der Waals surface area contributed by atoms with Gasteiger partial charge in [0.2, 0.25) is 0 Å². The van der Waals surface area contributed by atoms with Gasteiger partial charge in [0.25, 0.3) is 0 Å². The molecule has 2 rings (SSSR count). The maximum absolute atomic E-state index is 3.36. The minimum absolute atomic E-state index is 0.691. The molecule has 0 atom stereocenters. The smallest absolute Gasteiger partial charge is 0.0367 e. The van der Waals surface area contributed by atoms with Gasteiger partial charge < -0.3 is 10.2 Å². The maximum atomic E-state index is 3.36. The summed E-state index contributed by atoms with van der Waals surface area (Å²) in [5.74, 6) is 6.00. The first-order valence-electron chi connectivity index (χ1n) is 6.28. The van der Waals surface area contributed by atoms with E-state index in [1.165, 1.54) is 18.5 Å². The fourth-order valence-electron chi connectivity index (χ4n) is 2.33. The number of nitrogens with one attached hydrogen (secondary N) is 1. The predicted octanol–water partition coefficient (Wildman–Crippen LogP) is 2.25. The summed E-state index contributed by atoms with van der Waals surface area (Å²) in [5.41, 5.74) is 2.42. The molecular formula is C15H20N2. The summed E-state index contributed by atoms with van der Waals surface area (Å²) in [5, 5.41) is 3.36. The quantitative estimate of drug-likeness (QED) is 0.781. The zero-order chi connectivity index (χ0) is 12.1. The van der Waals surface area contributed by atoms with Gasteiger partial charge in [-0.3, -0.25) is 0 Å². The van der Waals surface area contributed by atoms with Gasteiger partial charge in [0.1, 0.15) is 0 Å². The van der Waals surface area contributed by atoms with Crippen LogP contribution in [0.25, 0.3) is 0 Å². The van der Waals surface area contributed by atoms with E-state index in [0.29, 0.717) is 6.04 Å². The first-order chi connectivity index (χ1) is 8.33. The summed E-state index contributed by atoms with van der Waals surface area (Å²) in [7, 11) is 2.05. The zero-order valence-corrected chi connectivity index (χ0v) is 10.7. The molecule has 0 bridgehead atoms. The van der Waals surface area contributed by atoms with Gasteiger partial charge in [-0.2, -0.15) is 0 Å². The Morgan fingerprint density at radius 1 is 1.18 bits per heavy atom. The van der Waals surface area contributed by atoms with E-state index < -0.39 is 0 Å². The molecule has 1 aliphatic heterocycles. The molecule has 1 aromatic rings. The molecule has 17 heavy (non-hydrogen) atoms. The first-order valence-corrected chi connectivity index (χ1v) is 6.28. The average Bonchev–Trinajstić information content (AvgIpc) is 2.40. The van der Waals surface area contributed by atoms with Crippen LogP contribution in [0.15, 0.2) is 24.3 Å². The summed E-state index contributed by atoms with van der Waals surface area (Å²) in [4.78, 5) is 2.46. The Morgan fingerprint density at radius 2 is 1.82 bits per heavy atom. The van der Waals surface area contributed by atoms with E-state index in [0.717, 1.165) is 18.7 Å². The Labute approximate surface area is 104 Å². The number of hydrogen-bond donors (Lipinski definition) is 1. The standard InChI is InChI=1S/C15H20N2/c1-3-4-13-5-7-15(8-6-13)17-11-9-14(16-2)10-12-17/h5-8,14,16H,9-12H2,1-2H3. The summed E-state index contributed by atoms with van der Waals surface area (Å²) in [6.45, 7) is 4.16. The summed E-state index contributed by atoms with van der Waals surface area (Å²) >= 11 is 0. The van der Waals surface area contributed by atoms with Crippen LogP contribution in [-0.2, 0) is 0 Å². The van der Waals surface area contributed by atoms with E-state index in [1.807, 2.05) is 6.92 Å². The molecule has 0 amide bonds. The highest BCUT2D eigenvalue weighted by atomic mass is 15.1. The second kappa shape index (κ2) is 5.75. The van der Waals surface area contributed by atoms with Crippen molar-refractivity contribution < 1.29 is 0 Å². The molecule has 0 saturated carbocycles. The molecule has 1 aromatic carbocycles. The van der Waals surface area contributed by atoms with Gasteiger partial charge in [-0.15, -0.1) is 5.92 Å².